The van der Waals surface area contributed by atoms with Gasteiger partial charge in [0.25, 0.3) is 0 Å². The summed E-state index contributed by atoms with van der Waals surface area (Å²) in [6.45, 7) is 0. The second kappa shape index (κ2) is 8.72. The molecule has 0 aliphatic heterocycles. The lowest BCUT2D eigenvalue weighted by Crippen LogP contribution is -2.29. The van der Waals surface area contributed by atoms with Gasteiger partial charge in [-0.2, -0.15) is 0 Å². The van der Waals surface area contributed by atoms with Crippen molar-refractivity contribution < 1.29 is 9.84 Å². The van der Waals surface area contributed by atoms with Crippen LogP contribution >= 0.6 is 11.6 Å². The van der Waals surface area contributed by atoms with E-state index in [1.165, 1.54) is 0 Å². The van der Waals surface area contributed by atoms with Gasteiger partial charge in [-0.3, -0.25) is 4.40 Å². The van der Waals surface area contributed by atoms with E-state index < -0.39 is 0 Å². The fraction of sp³-hybridized carbons (Fsp3) is 0.304. The van der Waals surface area contributed by atoms with Crippen molar-refractivity contribution in [1.82, 2.24) is 24.3 Å². The van der Waals surface area contributed by atoms with Crippen molar-refractivity contribution in [3.05, 3.63) is 54.1 Å². The molecular formula is C23H23ClN6O2. The number of hydrogen-bond acceptors (Lipinski definition) is 7. The van der Waals surface area contributed by atoms with Gasteiger partial charge < -0.3 is 15.2 Å². The molecule has 0 aromatic carbocycles. The van der Waals surface area contributed by atoms with Gasteiger partial charge in [-0.05, 0) is 43.9 Å². The van der Waals surface area contributed by atoms with Crippen LogP contribution < -0.4 is 10.1 Å². The Balaban J connectivity index is 1.48. The molecule has 4 heterocycles. The molecule has 4 aromatic rings. The molecule has 0 spiro atoms. The molecule has 0 radical (unpaired) electrons. The maximum Gasteiger partial charge on any atom is 0.223 e. The fourth-order valence-corrected chi connectivity index (χ4v) is 4.21. The molecule has 5 rings (SSSR count). The largest absolute Gasteiger partial charge is 0.481 e. The molecule has 0 unspecified atom stereocenters. The number of anilines is 1. The van der Waals surface area contributed by atoms with E-state index in [4.69, 9.17) is 21.3 Å². The first-order chi connectivity index (χ1) is 15.6. The van der Waals surface area contributed by atoms with Crippen LogP contribution in [0.1, 0.15) is 25.7 Å². The molecule has 9 heteroatoms. The third-order valence-corrected chi connectivity index (χ3v) is 6.08. The van der Waals surface area contributed by atoms with Gasteiger partial charge in [0.05, 0.1) is 36.3 Å². The third kappa shape index (κ3) is 4.11. The van der Waals surface area contributed by atoms with Crippen LogP contribution in [0.25, 0.3) is 28.2 Å². The van der Waals surface area contributed by atoms with Gasteiger partial charge >= 0.3 is 0 Å². The van der Waals surface area contributed by atoms with Crippen molar-refractivity contribution in [3.63, 3.8) is 0 Å². The van der Waals surface area contributed by atoms with E-state index in [-0.39, 0.29) is 12.1 Å². The van der Waals surface area contributed by atoms with Gasteiger partial charge in [-0.15, -0.1) is 0 Å². The van der Waals surface area contributed by atoms with E-state index in [1.807, 2.05) is 34.9 Å². The Morgan fingerprint density at radius 1 is 1.00 bits per heavy atom. The number of imidazole rings is 1. The highest BCUT2D eigenvalue weighted by Crippen LogP contribution is 2.30. The summed E-state index contributed by atoms with van der Waals surface area (Å²) >= 11 is 6.49. The molecule has 1 saturated carbocycles. The number of fused-ring (bicyclic) bond motifs is 1. The Bertz CT molecular complexity index is 1240. The number of rotatable bonds is 5. The van der Waals surface area contributed by atoms with Gasteiger partial charge in [-0.25, -0.2) is 19.9 Å². The first-order valence-corrected chi connectivity index (χ1v) is 10.9. The number of hydrogen-bond donors (Lipinski definition) is 2. The molecule has 0 atom stereocenters. The average molecular weight is 451 g/mol. The summed E-state index contributed by atoms with van der Waals surface area (Å²) in [6, 6.07) is 7.98. The normalized spacial score (nSPS) is 18.6. The lowest BCUT2D eigenvalue weighted by Gasteiger charge is -2.26. The molecule has 0 bridgehead atoms. The van der Waals surface area contributed by atoms with Crippen molar-refractivity contribution in [3.8, 4) is 28.4 Å². The summed E-state index contributed by atoms with van der Waals surface area (Å²) in [6.07, 6.45) is 10.3. The van der Waals surface area contributed by atoms with Crippen molar-refractivity contribution in [2.45, 2.75) is 37.8 Å². The van der Waals surface area contributed by atoms with Gasteiger partial charge in [0.15, 0.2) is 0 Å². The van der Waals surface area contributed by atoms with Crippen LogP contribution in [0.5, 0.6) is 5.88 Å². The zero-order chi connectivity index (χ0) is 22.1. The van der Waals surface area contributed by atoms with E-state index in [2.05, 4.69) is 20.3 Å². The number of aliphatic hydroxyl groups is 1. The predicted molar refractivity (Wildman–Crippen MR) is 123 cm³/mol. The van der Waals surface area contributed by atoms with Crippen LogP contribution in [-0.2, 0) is 0 Å². The molecule has 164 valence electrons. The van der Waals surface area contributed by atoms with Crippen LogP contribution in [0.3, 0.4) is 0 Å². The molecule has 2 N–H and O–H groups in total. The highest BCUT2D eigenvalue weighted by Gasteiger charge is 2.21. The Morgan fingerprint density at radius 2 is 1.81 bits per heavy atom. The van der Waals surface area contributed by atoms with E-state index in [0.717, 1.165) is 48.2 Å². The first kappa shape index (κ1) is 20.7. The Morgan fingerprint density at radius 3 is 2.56 bits per heavy atom. The van der Waals surface area contributed by atoms with Crippen molar-refractivity contribution in [2.75, 3.05) is 12.4 Å². The smallest absolute Gasteiger partial charge is 0.223 e. The number of aliphatic hydroxyl groups excluding tert-OH is 1. The van der Waals surface area contributed by atoms with Gasteiger partial charge in [0, 0.05) is 35.6 Å². The minimum absolute atomic E-state index is 0.206. The zero-order valence-corrected chi connectivity index (χ0v) is 18.3. The zero-order valence-electron chi connectivity index (χ0n) is 17.6. The molecule has 8 nitrogen and oxygen atoms in total. The summed E-state index contributed by atoms with van der Waals surface area (Å²) < 4.78 is 7.12. The number of halogens is 1. The maximum absolute atomic E-state index is 9.73. The number of aromatic nitrogens is 5. The van der Waals surface area contributed by atoms with Crippen molar-refractivity contribution in [1.29, 1.82) is 0 Å². The van der Waals surface area contributed by atoms with Crippen LogP contribution in [-0.4, -0.2) is 48.7 Å². The topological polar surface area (TPSA) is 97.5 Å². The predicted octanol–water partition coefficient (Wildman–Crippen LogP) is 4.23. The lowest BCUT2D eigenvalue weighted by molar-refractivity contribution is 0.126. The molecule has 1 aliphatic carbocycles. The fourth-order valence-electron chi connectivity index (χ4n) is 4.02. The van der Waals surface area contributed by atoms with Crippen LogP contribution in [0.15, 0.2) is 49.1 Å². The van der Waals surface area contributed by atoms with Crippen molar-refractivity contribution in [2.24, 2.45) is 0 Å². The van der Waals surface area contributed by atoms with E-state index in [0.29, 0.717) is 22.5 Å². The van der Waals surface area contributed by atoms with Gasteiger partial charge in [0.1, 0.15) is 11.3 Å². The number of nitrogens with zero attached hydrogens (tertiary/aromatic N) is 5. The molecule has 0 saturated heterocycles. The van der Waals surface area contributed by atoms with Crippen LogP contribution in [0.4, 0.5) is 5.95 Å². The maximum atomic E-state index is 9.73. The highest BCUT2D eigenvalue weighted by atomic mass is 35.5. The minimum Gasteiger partial charge on any atom is -0.481 e. The Kier molecular flexibility index (Phi) is 5.63. The monoisotopic (exact) mass is 450 g/mol. The van der Waals surface area contributed by atoms with Gasteiger partial charge in [0.2, 0.25) is 11.8 Å². The lowest BCUT2D eigenvalue weighted by atomic mass is 9.93. The summed E-state index contributed by atoms with van der Waals surface area (Å²) in [4.78, 5) is 17.9. The second-order valence-corrected chi connectivity index (χ2v) is 8.33. The van der Waals surface area contributed by atoms with E-state index >= 15 is 0 Å². The number of methoxy groups -OCH3 is 1. The Labute approximate surface area is 190 Å². The first-order valence-electron chi connectivity index (χ1n) is 10.6. The Hall–Kier alpha value is -3.23. The average Bonchev–Trinajstić information content (AvgIpc) is 3.25. The molecule has 1 fully saturated rings. The molecular weight excluding hydrogens is 428 g/mol. The van der Waals surface area contributed by atoms with Crippen LogP contribution in [0, 0.1) is 0 Å². The summed E-state index contributed by atoms with van der Waals surface area (Å²) in [5, 5.41) is 13.6. The van der Waals surface area contributed by atoms with E-state index in [1.54, 1.807) is 25.7 Å². The summed E-state index contributed by atoms with van der Waals surface area (Å²) in [5.74, 6) is 1.09. The molecule has 0 amide bonds. The molecule has 4 aromatic heterocycles. The standard InChI is InChI=1S/C23H23ClN6O2/c1-32-21-9-3-14(10-26-21)15-2-8-20-25-12-19(30(20)13-15)22-18(24)11-27-23(29-22)28-16-4-6-17(31)7-5-16/h2-3,8-13,16-17,31H,4-7H2,1H3,(H,27,28,29)/t16-,17-. The van der Waals surface area contributed by atoms with E-state index in [9.17, 15) is 5.11 Å². The second-order valence-electron chi connectivity index (χ2n) is 7.92. The van der Waals surface area contributed by atoms with Crippen molar-refractivity contribution >= 4 is 23.2 Å². The quantitative estimate of drug-likeness (QED) is 0.469. The van der Waals surface area contributed by atoms with Crippen LogP contribution in [0.2, 0.25) is 5.02 Å². The molecule has 1 aliphatic rings. The SMILES string of the molecule is COc1ccc(-c2ccc3ncc(-c4nc(N[C@H]5CC[C@H](O)CC5)ncc4Cl)n3c2)cn1. The highest BCUT2D eigenvalue weighted by molar-refractivity contribution is 6.32. The summed E-state index contributed by atoms with van der Waals surface area (Å²) in [7, 11) is 1.60. The number of ether oxygens (including phenoxy) is 1. The van der Waals surface area contributed by atoms with Gasteiger partial charge in [-0.1, -0.05) is 11.6 Å². The third-order valence-electron chi connectivity index (χ3n) is 5.80. The number of nitrogens with one attached hydrogen (secondary N) is 1. The molecule has 32 heavy (non-hydrogen) atoms. The summed E-state index contributed by atoms with van der Waals surface area (Å²) in [5.41, 5.74) is 4.12. The number of pyridine rings is 2. The minimum atomic E-state index is -0.206.